The summed E-state index contributed by atoms with van der Waals surface area (Å²) < 4.78 is 0. The van der Waals surface area contributed by atoms with Crippen LogP contribution in [0.4, 0.5) is 0 Å². The molecule has 10 heteroatoms. The third-order valence-electron chi connectivity index (χ3n) is 5.01. The van der Waals surface area contributed by atoms with Crippen LogP contribution in [0.25, 0.3) is 11.1 Å². The van der Waals surface area contributed by atoms with Gasteiger partial charge in [0, 0.05) is 50.6 Å². The minimum absolute atomic E-state index is 0.244. The molecule has 3 aliphatic rings. The highest BCUT2D eigenvalue weighted by atomic mass is 31.2. The van der Waals surface area contributed by atoms with Gasteiger partial charge in [0.15, 0.2) is 11.6 Å². The molecule has 0 unspecified atom stereocenters. The van der Waals surface area contributed by atoms with Crippen molar-refractivity contribution in [3.8, 4) is 0 Å². The fourth-order valence-corrected chi connectivity index (χ4v) is 6.55. The highest BCUT2D eigenvalue weighted by Gasteiger charge is 2.30. The lowest BCUT2D eigenvalue weighted by Gasteiger charge is -2.26. The molecule has 1 saturated heterocycles. The van der Waals surface area contributed by atoms with E-state index in [1.165, 1.54) is 0 Å². The Bertz CT molecular complexity index is 933. The smallest absolute Gasteiger partial charge is 0.193 e. The third kappa shape index (κ3) is 8.27. The van der Waals surface area contributed by atoms with Crippen LogP contribution >= 0.6 is 26.6 Å². The van der Waals surface area contributed by atoms with Crippen LogP contribution in [0, 0.1) is 0 Å². The fraction of sp³-hybridized carbons (Fsp3) is 0.167. The molecule has 2 aromatic carbocycles. The van der Waals surface area contributed by atoms with Gasteiger partial charge >= 0.3 is 0 Å². The number of rotatable bonds is 2. The van der Waals surface area contributed by atoms with Gasteiger partial charge < -0.3 is 20.4 Å². The van der Waals surface area contributed by atoms with Crippen molar-refractivity contribution in [2.24, 2.45) is 0 Å². The molecule has 1 aliphatic heterocycles. The normalized spacial score (nSPS) is 22.1. The van der Waals surface area contributed by atoms with E-state index in [-0.39, 0.29) is 12.8 Å². The number of hydrogen-bond donors (Lipinski definition) is 7. The van der Waals surface area contributed by atoms with Gasteiger partial charge in [-0.3, -0.25) is 14.6 Å². The molecule has 0 spiro atoms. The van der Waals surface area contributed by atoms with E-state index in [4.69, 9.17) is 0 Å². The molecule has 7 N–H and O–H groups in total. The Morgan fingerprint density at radius 1 is 0.559 bits per heavy atom. The third-order valence-corrected chi connectivity index (χ3v) is 8.01. The standard InChI is InChI=1S/2C12H12O2.H6N3P3/c2*13-12(14)9-5-4-8-11(12)10-6-2-1-3-7-10;1-4-2-6-3-5-1/h2*1-8,13-14H,9H2;1-6H. The first-order chi connectivity index (χ1) is 16.4. The summed E-state index contributed by atoms with van der Waals surface area (Å²) in [5, 5.41) is 38.9. The lowest BCUT2D eigenvalue weighted by molar-refractivity contribution is -0.106. The second-order valence-electron chi connectivity index (χ2n) is 7.54. The second kappa shape index (κ2) is 13.5. The molecule has 7 nitrogen and oxygen atoms in total. The number of aliphatic hydroxyl groups is 4. The molecule has 5 rings (SSSR count). The Morgan fingerprint density at radius 3 is 1.21 bits per heavy atom. The van der Waals surface area contributed by atoms with E-state index in [9.17, 15) is 20.4 Å². The number of hydrogen-bond acceptors (Lipinski definition) is 7. The van der Waals surface area contributed by atoms with E-state index in [2.05, 4.69) is 14.6 Å². The van der Waals surface area contributed by atoms with Crippen molar-refractivity contribution in [3.63, 3.8) is 0 Å². The van der Waals surface area contributed by atoms with Gasteiger partial charge in [-0.25, -0.2) is 0 Å². The highest BCUT2D eigenvalue weighted by molar-refractivity contribution is 7.65. The highest BCUT2D eigenvalue weighted by Crippen LogP contribution is 2.32. The van der Waals surface area contributed by atoms with Crippen LogP contribution in [0.2, 0.25) is 0 Å². The molecule has 0 radical (unpaired) electrons. The first-order valence-electron chi connectivity index (χ1n) is 10.7. The van der Waals surface area contributed by atoms with Crippen molar-refractivity contribution in [1.82, 2.24) is 14.6 Å². The topological polar surface area (TPSA) is 117 Å². The van der Waals surface area contributed by atoms with Crippen LogP contribution < -0.4 is 14.6 Å². The second-order valence-corrected chi connectivity index (χ2v) is 11.3. The molecule has 0 atom stereocenters. The molecule has 2 aliphatic carbocycles. The van der Waals surface area contributed by atoms with Gasteiger partial charge in [0.25, 0.3) is 0 Å². The van der Waals surface area contributed by atoms with E-state index in [0.717, 1.165) is 37.8 Å². The Kier molecular flexibility index (Phi) is 10.7. The maximum absolute atomic E-state index is 9.72. The molecule has 0 amide bonds. The van der Waals surface area contributed by atoms with Crippen LogP contribution in [0.5, 0.6) is 0 Å². The first-order valence-corrected chi connectivity index (χ1v) is 13.7. The van der Waals surface area contributed by atoms with E-state index in [0.29, 0.717) is 11.1 Å². The first kappa shape index (κ1) is 27.0. The Balaban J connectivity index is 0.000000154. The molecule has 2 aromatic rings. The lowest BCUT2D eigenvalue weighted by atomic mass is 9.92. The molecule has 0 aromatic heterocycles. The van der Waals surface area contributed by atoms with Gasteiger partial charge in [-0.15, -0.1) is 0 Å². The number of nitrogens with one attached hydrogen (secondary N) is 3. The van der Waals surface area contributed by atoms with Crippen molar-refractivity contribution in [2.75, 3.05) is 0 Å². The summed E-state index contributed by atoms with van der Waals surface area (Å²) in [6, 6.07) is 18.8. The van der Waals surface area contributed by atoms with Crippen molar-refractivity contribution >= 4 is 37.8 Å². The summed E-state index contributed by atoms with van der Waals surface area (Å²) in [5.74, 6) is -3.45. The van der Waals surface area contributed by atoms with Crippen molar-refractivity contribution in [3.05, 3.63) is 108 Å². The zero-order valence-corrected chi connectivity index (χ0v) is 21.4. The molecule has 0 bridgehead atoms. The van der Waals surface area contributed by atoms with E-state index < -0.39 is 11.6 Å². The molecular formula is C24H30N3O4P3. The predicted molar refractivity (Wildman–Crippen MR) is 145 cm³/mol. The Labute approximate surface area is 205 Å². The van der Waals surface area contributed by atoms with Crippen LogP contribution in [0.1, 0.15) is 24.0 Å². The molecule has 0 saturated carbocycles. The quantitative estimate of drug-likeness (QED) is 0.240. The number of allylic oxidation sites excluding steroid dienone is 4. The molecule has 180 valence electrons. The Morgan fingerprint density at radius 2 is 0.912 bits per heavy atom. The maximum atomic E-state index is 9.72. The van der Waals surface area contributed by atoms with Crippen LogP contribution in [0.3, 0.4) is 0 Å². The van der Waals surface area contributed by atoms with E-state index in [1.54, 1.807) is 24.3 Å². The molecular weight excluding hydrogens is 487 g/mol. The minimum Gasteiger partial charge on any atom is -0.362 e. The van der Waals surface area contributed by atoms with Crippen LogP contribution in [-0.2, 0) is 0 Å². The zero-order valence-electron chi connectivity index (χ0n) is 18.4. The SMILES string of the molecule is N1PNPNP1.OC1(O)CC=CC=C1c1ccccc1.OC1(O)CC=CC=C1c1ccccc1. The number of benzene rings is 2. The summed E-state index contributed by atoms with van der Waals surface area (Å²) >= 11 is 0. The predicted octanol–water partition coefficient (Wildman–Crippen LogP) is 3.72. The average molecular weight is 517 g/mol. The summed E-state index contributed by atoms with van der Waals surface area (Å²) in [6.07, 6.45) is 11.1. The van der Waals surface area contributed by atoms with Crippen molar-refractivity contribution in [2.45, 2.75) is 24.4 Å². The molecule has 34 heavy (non-hydrogen) atoms. The van der Waals surface area contributed by atoms with Gasteiger partial charge in [-0.05, 0) is 11.1 Å². The monoisotopic (exact) mass is 517 g/mol. The van der Waals surface area contributed by atoms with Crippen molar-refractivity contribution < 1.29 is 20.4 Å². The van der Waals surface area contributed by atoms with Crippen LogP contribution in [-0.4, -0.2) is 32.0 Å². The fourth-order valence-electron chi connectivity index (χ4n) is 3.36. The van der Waals surface area contributed by atoms with Gasteiger partial charge in [0.05, 0.1) is 0 Å². The molecule has 1 heterocycles. The summed E-state index contributed by atoms with van der Waals surface area (Å²) in [7, 11) is 2.29. The maximum Gasteiger partial charge on any atom is 0.193 e. The summed E-state index contributed by atoms with van der Waals surface area (Å²) in [6.45, 7) is 0. The Hall–Kier alpha value is -1.59. The minimum atomic E-state index is -1.73. The van der Waals surface area contributed by atoms with Gasteiger partial charge in [0.1, 0.15) is 0 Å². The molecule has 1 fully saturated rings. The van der Waals surface area contributed by atoms with Crippen molar-refractivity contribution in [1.29, 1.82) is 0 Å². The lowest BCUT2D eigenvalue weighted by Crippen LogP contribution is -2.30. The largest absolute Gasteiger partial charge is 0.362 e. The van der Waals surface area contributed by atoms with E-state index >= 15 is 0 Å². The van der Waals surface area contributed by atoms with Crippen LogP contribution in [0.15, 0.2) is 97.1 Å². The van der Waals surface area contributed by atoms with E-state index in [1.807, 2.05) is 72.8 Å². The van der Waals surface area contributed by atoms with Gasteiger partial charge in [0.2, 0.25) is 0 Å². The van der Waals surface area contributed by atoms with Gasteiger partial charge in [-0.2, -0.15) is 0 Å². The average Bonchev–Trinajstić information content (AvgIpc) is 2.86. The summed E-state index contributed by atoms with van der Waals surface area (Å²) in [4.78, 5) is 9.38. The summed E-state index contributed by atoms with van der Waals surface area (Å²) in [5.41, 5.74) is 2.81. The van der Waals surface area contributed by atoms with Gasteiger partial charge in [-0.1, -0.05) is 97.1 Å². The zero-order chi connectivity index (χ0) is 24.3.